The molecule has 90 valence electrons. The highest BCUT2D eigenvalue weighted by molar-refractivity contribution is 6.31. The van der Waals surface area contributed by atoms with E-state index in [1.165, 1.54) is 0 Å². The van der Waals surface area contributed by atoms with Gasteiger partial charge in [0.1, 0.15) is 0 Å². The van der Waals surface area contributed by atoms with Crippen LogP contribution in [-0.4, -0.2) is 22.0 Å². The third kappa shape index (κ3) is 3.05. The van der Waals surface area contributed by atoms with Crippen molar-refractivity contribution in [2.45, 2.75) is 19.4 Å². The molecule has 1 unspecified atom stereocenters. The first-order chi connectivity index (χ1) is 8.31. The van der Waals surface area contributed by atoms with Crippen LogP contribution < -0.4 is 5.32 Å². The van der Waals surface area contributed by atoms with Crippen LogP contribution in [0.15, 0.2) is 30.5 Å². The number of hydrogen-bond acceptors (Lipinski definition) is 3. The average molecular weight is 251 g/mol. The van der Waals surface area contributed by atoms with Gasteiger partial charge in [-0.15, -0.1) is 0 Å². The summed E-state index contributed by atoms with van der Waals surface area (Å²) in [5.41, 5.74) is 2.02. The van der Waals surface area contributed by atoms with Crippen LogP contribution in [0.3, 0.4) is 0 Å². The summed E-state index contributed by atoms with van der Waals surface area (Å²) in [6.07, 6.45) is 2.55. The maximum Gasteiger partial charge on any atom is 0.0997 e. The molecule has 2 rings (SSSR count). The fourth-order valence-electron chi connectivity index (χ4n) is 1.79. The molecule has 1 heterocycles. The summed E-state index contributed by atoms with van der Waals surface area (Å²) >= 11 is 6.16. The first-order valence-electron chi connectivity index (χ1n) is 5.63. The van der Waals surface area contributed by atoms with E-state index < -0.39 is 0 Å². The van der Waals surface area contributed by atoms with Gasteiger partial charge in [0.25, 0.3) is 0 Å². The fraction of sp³-hybridized carbons (Fsp3) is 0.333. The van der Waals surface area contributed by atoms with E-state index in [0.29, 0.717) is 0 Å². The van der Waals surface area contributed by atoms with Crippen LogP contribution in [0.1, 0.15) is 24.2 Å². The zero-order valence-electron chi connectivity index (χ0n) is 9.65. The van der Waals surface area contributed by atoms with Gasteiger partial charge in [-0.25, -0.2) is 0 Å². The molecule has 4 nitrogen and oxygen atoms in total. The number of H-pyrrole nitrogens is 1. The topological polar surface area (TPSA) is 53.6 Å². The lowest BCUT2D eigenvalue weighted by atomic mass is 10.0. The van der Waals surface area contributed by atoms with Gasteiger partial charge in [-0.05, 0) is 24.6 Å². The quantitative estimate of drug-likeness (QED) is 0.857. The van der Waals surface area contributed by atoms with Crippen LogP contribution in [0.2, 0.25) is 5.02 Å². The zero-order chi connectivity index (χ0) is 12.1. The third-order valence-corrected chi connectivity index (χ3v) is 2.99. The molecule has 17 heavy (non-hydrogen) atoms. The number of aromatic amines is 1. The maximum atomic E-state index is 6.16. The van der Waals surface area contributed by atoms with Crippen molar-refractivity contribution in [2.24, 2.45) is 0 Å². The minimum atomic E-state index is 0.138. The number of hydrogen-bond donors (Lipinski definition) is 2. The Bertz CT molecular complexity index is 455. The van der Waals surface area contributed by atoms with Crippen molar-refractivity contribution in [3.8, 4) is 0 Å². The number of rotatable bonds is 5. The largest absolute Gasteiger partial charge is 0.309 e. The molecule has 0 radical (unpaired) electrons. The second-order valence-electron chi connectivity index (χ2n) is 3.80. The van der Waals surface area contributed by atoms with Crippen molar-refractivity contribution in [2.75, 3.05) is 6.54 Å². The van der Waals surface area contributed by atoms with E-state index in [1.807, 2.05) is 24.3 Å². The number of nitrogens with zero attached hydrogens (tertiary/aromatic N) is 2. The normalized spacial score (nSPS) is 12.6. The monoisotopic (exact) mass is 250 g/mol. The lowest BCUT2D eigenvalue weighted by molar-refractivity contribution is 0.535. The molecule has 1 aromatic carbocycles. The van der Waals surface area contributed by atoms with E-state index in [-0.39, 0.29) is 6.04 Å². The Morgan fingerprint density at radius 3 is 2.88 bits per heavy atom. The van der Waals surface area contributed by atoms with Gasteiger partial charge in [0, 0.05) is 5.02 Å². The van der Waals surface area contributed by atoms with Crippen LogP contribution in [0, 0.1) is 0 Å². The molecule has 2 N–H and O–H groups in total. The summed E-state index contributed by atoms with van der Waals surface area (Å²) in [5.74, 6) is 0. The van der Waals surface area contributed by atoms with Gasteiger partial charge in [0.15, 0.2) is 0 Å². The summed E-state index contributed by atoms with van der Waals surface area (Å²) in [6.45, 7) is 2.95. The van der Waals surface area contributed by atoms with E-state index in [4.69, 9.17) is 11.6 Å². The summed E-state index contributed by atoms with van der Waals surface area (Å²) in [6, 6.07) is 8.01. The first-order valence-corrected chi connectivity index (χ1v) is 6.01. The molecule has 0 saturated heterocycles. The van der Waals surface area contributed by atoms with Gasteiger partial charge < -0.3 is 5.32 Å². The van der Waals surface area contributed by atoms with Crippen LogP contribution in [0.4, 0.5) is 0 Å². The minimum absolute atomic E-state index is 0.138. The predicted molar refractivity (Wildman–Crippen MR) is 68.0 cm³/mol. The van der Waals surface area contributed by atoms with E-state index in [2.05, 4.69) is 27.7 Å². The maximum absolute atomic E-state index is 6.16. The lowest BCUT2D eigenvalue weighted by Gasteiger charge is -2.15. The van der Waals surface area contributed by atoms with Crippen molar-refractivity contribution in [3.63, 3.8) is 0 Å². The van der Waals surface area contributed by atoms with E-state index in [9.17, 15) is 0 Å². The molecular formula is C12H15ClN4. The SMILES string of the molecule is CCNC(Cc1ccccc1Cl)c1cn[nH]n1. The van der Waals surface area contributed by atoms with E-state index in [0.717, 1.165) is 29.2 Å². The van der Waals surface area contributed by atoms with E-state index in [1.54, 1.807) is 6.20 Å². The molecule has 1 atom stereocenters. The molecular weight excluding hydrogens is 236 g/mol. The molecule has 2 aromatic rings. The average Bonchev–Trinajstić information content (AvgIpc) is 2.85. The van der Waals surface area contributed by atoms with Crippen LogP contribution in [0.5, 0.6) is 0 Å². The highest BCUT2D eigenvalue weighted by Crippen LogP contribution is 2.21. The Morgan fingerprint density at radius 2 is 2.24 bits per heavy atom. The molecule has 5 heteroatoms. The van der Waals surface area contributed by atoms with Gasteiger partial charge in [0.05, 0.1) is 17.9 Å². The Balaban J connectivity index is 2.16. The second-order valence-corrected chi connectivity index (χ2v) is 4.21. The van der Waals surface area contributed by atoms with Gasteiger partial charge in [-0.3, -0.25) is 0 Å². The zero-order valence-corrected chi connectivity index (χ0v) is 10.4. The highest BCUT2D eigenvalue weighted by Gasteiger charge is 2.14. The molecule has 0 bridgehead atoms. The third-order valence-electron chi connectivity index (χ3n) is 2.62. The fourth-order valence-corrected chi connectivity index (χ4v) is 2.00. The van der Waals surface area contributed by atoms with Crippen molar-refractivity contribution in [1.29, 1.82) is 0 Å². The summed E-state index contributed by atoms with van der Waals surface area (Å²) in [5, 5.41) is 14.8. The Hall–Kier alpha value is -1.39. The molecule has 0 spiro atoms. The first kappa shape index (κ1) is 12.1. The van der Waals surface area contributed by atoms with Crippen LogP contribution >= 0.6 is 11.6 Å². The van der Waals surface area contributed by atoms with Crippen molar-refractivity contribution in [3.05, 3.63) is 46.7 Å². The molecule has 0 aliphatic heterocycles. The Kier molecular flexibility index (Phi) is 4.12. The highest BCUT2D eigenvalue weighted by atomic mass is 35.5. The van der Waals surface area contributed by atoms with E-state index >= 15 is 0 Å². The van der Waals surface area contributed by atoms with Gasteiger partial charge in [-0.1, -0.05) is 36.7 Å². The van der Waals surface area contributed by atoms with Crippen molar-refractivity contribution >= 4 is 11.6 Å². The summed E-state index contributed by atoms with van der Waals surface area (Å²) in [4.78, 5) is 0. The van der Waals surface area contributed by atoms with Crippen molar-refractivity contribution < 1.29 is 0 Å². The molecule has 0 aliphatic carbocycles. The number of aromatic nitrogens is 3. The molecule has 0 aliphatic rings. The molecule has 0 amide bonds. The predicted octanol–water partition coefficient (Wildman–Crippen LogP) is 2.35. The Morgan fingerprint density at radius 1 is 1.41 bits per heavy atom. The second kappa shape index (κ2) is 5.80. The smallest absolute Gasteiger partial charge is 0.0997 e. The van der Waals surface area contributed by atoms with Crippen LogP contribution in [-0.2, 0) is 6.42 Å². The van der Waals surface area contributed by atoms with Crippen LogP contribution in [0.25, 0.3) is 0 Å². The minimum Gasteiger partial charge on any atom is -0.309 e. The Labute approximate surface area is 105 Å². The summed E-state index contributed by atoms with van der Waals surface area (Å²) in [7, 11) is 0. The molecule has 0 fully saturated rings. The standard InChI is InChI=1S/C12H15ClN4/c1-2-14-11(12-8-15-17-16-12)7-9-5-3-4-6-10(9)13/h3-6,8,11,14H,2,7H2,1H3,(H,15,16,17). The van der Waals surface area contributed by atoms with Gasteiger partial charge >= 0.3 is 0 Å². The van der Waals surface area contributed by atoms with Gasteiger partial charge in [-0.2, -0.15) is 15.4 Å². The number of benzene rings is 1. The number of nitrogens with one attached hydrogen (secondary N) is 2. The van der Waals surface area contributed by atoms with Gasteiger partial charge in [0.2, 0.25) is 0 Å². The number of halogens is 1. The lowest BCUT2D eigenvalue weighted by Crippen LogP contribution is -2.23. The molecule has 0 saturated carbocycles. The number of likely N-dealkylation sites (N-methyl/N-ethyl adjacent to an activating group) is 1. The van der Waals surface area contributed by atoms with Crippen molar-refractivity contribution in [1.82, 2.24) is 20.7 Å². The summed E-state index contributed by atoms with van der Waals surface area (Å²) < 4.78 is 0. The molecule has 1 aromatic heterocycles.